The molecule has 0 bridgehead atoms. The van der Waals surface area contributed by atoms with Crippen molar-refractivity contribution in [3.63, 3.8) is 0 Å². The second-order valence-electron chi connectivity index (χ2n) is 4.58. The molecule has 19 heavy (non-hydrogen) atoms. The fourth-order valence-electron chi connectivity index (χ4n) is 1.57. The summed E-state index contributed by atoms with van der Waals surface area (Å²) in [6.45, 7) is 1.65. The Balaban J connectivity index is 1.99. The van der Waals surface area contributed by atoms with Crippen molar-refractivity contribution in [2.45, 2.75) is 31.8 Å². The lowest BCUT2D eigenvalue weighted by Gasteiger charge is -2.14. The van der Waals surface area contributed by atoms with Crippen LogP contribution in [0.25, 0.3) is 0 Å². The molecule has 0 radical (unpaired) electrons. The Bertz CT molecular complexity index is 517. The average Bonchev–Trinajstić information content (AvgIpc) is 3.16. The van der Waals surface area contributed by atoms with Gasteiger partial charge in [-0.15, -0.1) is 0 Å². The van der Waals surface area contributed by atoms with Crippen molar-refractivity contribution in [2.24, 2.45) is 0 Å². The summed E-state index contributed by atoms with van der Waals surface area (Å²) in [7, 11) is 0. The highest BCUT2D eigenvalue weighted by Crippen LogP contribution is 2.26. The first kappa shape index (κ1) is 14.3. The molecule has 2 amide bonds. The Kier molecular flexibility index (Phi) is 4.47. The lowest BCUT2D eigenvalue weighted by molar-refractivity contribution is -0.122. The van der Waals surface area contributed by atoms with Gasteiger partial charge in [0, 0.05) is 10.5 Å². The summed E-state index contributed by atoms with van der Waals surface area (Å²) in [5, 5.41) is 5.82. The Hall–Kier alpha value is -1.07. The highest BCUT2D eigenvalue weighted by molar-refractivity contribution is 9.10. The molecule has 0 aliphatic heterocycles. The quantitative estimate of drug-likeness (QED) is 0.881. The third-order valence-electron chi connectivity index (χ3n) is 2.86. The zero-order valence-electron chi connectivity index (χ0n) is 10.4. The standard InChI is InChI=1S/C13H14BrClN2O2/c1-7(12(18)17-8-5-6-8)16-13(19)9-3-2-4-10(14)11(9)15/h2-4,7-8H,5-6H2,1H3,(H,16,19)(H,17,18). The van der Waals surface area contributed by atoms with Gasteiger partial charge in [-0.3, -0.25) is 9.59 Å². The summed E-state index contributed by atoms with van der Waals surface area (Å²) in [5.74, 6) is -0.522. The van der Waals surface area contributed by atoms with Gasteiger partial charge in [-0.1, -0.05) is 17.7 Å². The number of carbonyl (C=O) groups is 2. The minimum atomic E-state index is -0.580. The fourth-order valence-corrected chi connectivity index (χ4v) is 2.15. The molecule has 1 aromatic carbocycles. The van der Waals surface area contributed by atoms with E-state index < -0.39 is 6.04 Å². The summed E-state index contributed by atoms with van der Waals surface area (Å²) >= 11 is 9.30. The van der Waals surface area contributed by atoms with Gasteiger partial charge in [0.25, 0.3) is 5.91 Å². The Morgan fingerprint density at radius 3 is 2.74 bits per heavy atom. The summed E-state index contributed by atoms with van der Waals surface area (Å²) in [6.07, 6.45) is 2.04. The highest BCUT2D eigenvalue weighted by Gasteiger charge is 2.26. The predicted molar refractivity (Wildman–Crippen MR) is 77.2 cm³/mol. The molecule has 6 heteroatoms. The van der Waals surface area contributed by atoms with Gasteiger partial charge < -0.3 is 10.6 Å². The predicted octanol–water partition coefficient (Wildman–Crippen LogP) is 2.50. The lowest BCUT2D eigenvalue weighted by Crippen LogP contribution is -2.45. The lowest BCUT2D eigenvalue weighted by atomic mass is 10.2. The normalized spacial score (nSPS) is 15.7. The molecular formula is C13H14BrClN2O2. The van der Waals surface area contributed by atoms with Gasteiger partial charge in [0.1, 0.15) is 6.04 Å². The molecule has 1 aliphatic carbocycles. The molecule has 1 unspecified atom stereocenters. The molecule has 0 saturated heterocycles. The first-order valence-electron chi connectivity index (χ1n) is 6.04. The number of amides is 2. The van der Waals surface area contributed by atoms with Crippen LogP contribution in [0, 0.1) is 0 Å². The molecule has 1 fully saturated rings. The van der Waals surface area contributed by atoms with Crippen molar-refractivity contribution >= 4 is 39.3 Å². The van der Waals surface area contributed by atoms with Crippen LogP contribution in [0.3, 0.4) is 0 Å². The van der Waals surface area contributed by atoms with Crippen molar-refractivity contribution in [3.8, 4) is 0 Å². The van der Waals surface area contributed by atoms with Crippen LogP contribution in [0.2, 0.25) is 5.02 Å². The molecule has 0 heterocycles. The number of rotatable bonds is 4. The van der Waals surface area contributed by atoms with Crippen LogP contribution in [0.1, 0.15) is 30.1 Å². The number of hydrogen-bond acceptors (Lipinski definition) is 2. The minimum absolute atomic E-state index is 0.165. The highest BCUT2D eigenvalue weighted by atomic mass is 79.9. The SMILES string of the molecule is CC(NC(=O)c1cccc(Br)c1Cl)C(=O)NC1CC1. The van der Waals surface area contributed by atoms with Crippen molar-refractivity contribution in [3.05, 3.63) is 33.3 Å². The van der Waals surface area contributed by atoms with E-state index in [9.17, 15) is 9.59 Å². The van der Waals surface area contributed by atoms with E-state index in [1.807, 2.05) is 0 Å². The molecule has 4 nitrogen and oxygen atoms in total. The topological polar surface area (TPSA) is 58.2 Å². The molecule has 1 saturated carbocycles. The molecule has 1 atom stereocenters. The van der Waals surface area contributed by atoms with Crippen LogP contribution in [0.4, 0.5) is 0 Å². The number of benzene rings is 1. The maximum Gasteiger partial charge on any atom is 0.253 e. The van der Waals surface area contributed by atoms with Crippen LogP contribution in [-0.4, -0.2) is 23.9 Å². The average molecular weight is 346 g/mol. The Labute approximate surface area is 125 Å². The molecule has 2 N–H and O–H groups in total. The van der Waals surface area contributed by atoms with E-state index in [0.29, 0.717) is 15.1 Å². The maximum absolute atomic E-state index is 12.0. The van der Waals surface area contributed by atoms with Crippen molar-refractivity contribution in [1.29, 1.82) is 0 Å². The zero-order valence-corrected chi connectivity index (χ0v) is 12.7. The van der Waals surface area contributed by atoms with Gasteiger partial charge in [-0.2, -0.15) is 0 Å². The van der Waals surface area contributed by atoms with Crippen LogP contribution in [-0.2, 0) is 4.79 Å². The monoisotopic (exact) mass is 344 g/mol. The summed E-state index contributed by atoms with van der Waals surface area (Å²) in [5.41, 5.74) is 0.349. The second-order valence-corrected chi connectivity index (χ2v) is 5.81. The second kappa shape index (κ2) is 5.92. The molecule has 0 aromatic heterocycles. The maximum atomic E-state index is 12.0. The third kappa shape index (κ3) is 3.70. The van der Waals surface area contributed by atoms with E-state index >= 15 is 0 Å². The fraction of sp³-hybridized carbons (Fsp3) is 0.385. The molecule has 2 rings (SSSR count). The van der Waals surface area contributed by atoms with Crippen molar-refractivity contribution in [1.82, 2.24) is 10.6 Å². The summed E-state index contributed by atoms with van der Waals surface area (Å²) < 4.78 is 0.650. The largest absolute Gasteiger partial charge is 0.352 e. The van der Waals surface area contributed by atoms with Gasteiger partial charge in [-0.25, -0.2) is 0 Å². The number of hydrogen-bond donors (Lipinski definition) is 2. The zero-order chi connectivity index (χ0) is 14.0. The van der Waals surface area contributed by atoms with Crippen molar-refractivity contribution in [2.75, 3.05) is 0 Å². The molecule has 1 aromatic rings. The van der Waals surface area contributed by atoms with Gasteiger partial charge in [-0.05, 0) is 47.8 Å². The molecule has 1 aliphatic rings. The van der Waals surface area contributed by atoms with E-state index in [2.05, 4.69) is 26.6 Å². The number of carbonyl (C=O) groups excluding carboxylic acids is 2. The van der Waals surface area contributed by atoms with Crippen LogP contribution >= 0.6 is 27.5 Å². The van der Waals surface area contributed by atoms with E-state index in [4.69, 9.17) is 11.6 Å². The van der Waals surface area contributed by atoms with Crippen LogP contribution in [0.15, 0.2) is 22.7 Å². The third-order valence-corrected chi connectivity index (χ3v) is 4.16. The summed E-state index contributed by atoms with van der Waals surface area (Å²) in [6, 6.07) is 4.79. The van der Waals surface area contributed by atoms with Crippen molar-refractivity contribution < 1.29 is 9.59 Å². The number of halogens is 2. The molecule has 0 spiro atoms. The first-order chi connectivity index (χ1) is 8.99. The van der Waals surface area contributed by atoms with E-state index in [1.54, 1.807) is 25.1 Å². The molecule has 102 valence electrons. The van der Waals surface area contributed by atoms with Gasteiger partial charge in [0.15, 0.2) is 0 Å². The van der Waals surface area contributed by atoms with E-state index in [-0.39, 0.29) is 17.9 Å². The van der Waals surface area contributed by atoms with Gasteiger partial charge in [0.05, 0.1) is 10.6 Å². The Morgan fingerprint density at radius 2 is 2.11 bits per heavy atom. The number of nitrogens with one attached hydrogen (secondary N) is 2. The first-order valence-corrected chi connectivity index (χ1v) is 7.21. The minimum Gasteiger partial charge on any atom is -0.352 e. The van der Waals surface area contributed by atoms with Crippen LogP contribution in [0.5, 0.6) is 0 Å². The molecular weight excluding hydrogens is 332 g/mol. The van der Waals surface area contributed by atoms with Crippen LogP contribution < -0.4 is 10.6 Å². The van der Waals surface area contributed by atoms with Gasteiger partial charge >= 0.3 is 0 Å². The smallest absolute Gasteiger partial charge is 0.253 e. The van der Waals surface area contributed by atoms with E-state index in [1.165, 1.54) is 0 Å². The van der Waals surface area contributed by atoms with E-state index in [0.717, 1.165) is 12.8 Å². The summed E-state index contributed by atoms with van der Waals surface area (Å²) in [4.78, 5) is 23.8. The Morgan fingerprint density at radius 1 is 1.42 bits per heavy atom. The van der Waals surface area contributed by atoms with Gasteiger partial charge in [0.2, 0.25) is 5.91 Å².